The molecule has 15 heavy (non-hydrogen) atoms. The van der Waals surface area contributed by atoms with Gasteiger partial charge in [-0.05, 0) is 27.2 Å². The molecule has 0 saturated carbocycles. The molecule has 2 unspecified atom stereocenters. The third-order valence-corrected chi connectivity index (χ3v) is 2.79. The Labute approximate surface area is 91.2 Å². The Morgan fingerprint density at radius 3 is 2.87 bits per heavy atom. The Morgan fingerprint density at radius 1 is 1.67 bits per heavy atom. The molecule has 0 aliphatic carbocycles. The Balaban J connectivity index is 2.78. The summed E-state index contributed by atoms with van der Waals surface area (Å²) in [5, 5.41) is 11.9. The average Bonchev–Trinajstić information content (AvgIpc) is 2.28. The maximum absolute atomic E-state index is 12.0. The molecular formula is C11H19N3O. The number of hydrogen-bond donors (Lipinski definition) is 1. The lowest BCUT2D eigenvalue weighted by atomic mass is 10.1. The van der Waals surface area contributed by atoms with Gasteiger partial charge in [-0.25, -0.2) is 0 Å². The van der Waals surface area contributed by atoms with Crippen LogP contribution in [-0.2, 0) is 4.79 Å². The highest BCUT2D eigenvalue weighted by Gasteiger charge is 2.30. The second kappa shape index (κ2) is 5.13. The molecule has 1 saturated heterocycles. The smallest absolute Gasteiger partial charge is 0.241 e. The molecule has 0 aromatic rings. The van der Waals surface area contributed by atoms with Crippen LogP contribution in [0.2, 0.25) is 0 Å². The van der Waals surface area contributed by atoms with E-state index in [1.807, 2.05) is 18.7 Å². The summed E-state index contributed by atoms with van der Waals surface area (Å²) in [4.78, 5) is 13.9. The molecule has 4 nitrogen and oxygen atoms in total. The number of carbonyl (C=O) groups is 1. The predicted molar refractivity (Wildman–Crippen MR) is 58.1 cm³/mol. The van der Waals surface area contributed by atoms with Crippen LogP contribution in [0.1, 0.15) is 33.6 Å². The van der Waals surface area contributed by atoms with Crippen LogP contribution in [0.3, 0.4) is 0 Å². The van der Waals surface area contributed by atoms with E-state index in [1.165, 1.54) is 0 Å². The van der Waals surface area contributed by atoms with Gasteiger partial charge in [0.25, 0.3) is 0 Å². The van der Waals surface area contributed by atoms with Crippen molar-refractivity contribution in [2.24, 2.45) is 0 Å². The number of hydrogen-bond acceptors (Lipinski definition) is 3. The quantitative estimate of drug-likeness (QED) is 0.734. The van der Waals surface area contributed by atoms with Crippen LogP contribution in [0, 0.1) is 11.3 Å². The van der Waals surface area contributed by atoms with Crippen molar-refractivity contribution in [3.8, 4) is 6.07 Å². The number of nitrogens with one attached hydrogen (secondary N) is 1. The monoisotopic (exact) mass is 209 g/mol. The maximum Gasteiger partial charge on any atom is 0.241 e. The van der Waals surface area contributed by atoms with E-state index in [9.17, 15) is 4.79 Å². The van der Waals surface area contributed by atoms with Crippen LogP contribution in [-0.4, -0.2) is 35.5 Å². The molecule has 2 atom stereocenters. The van der Waals surface area contributed by atoms with Crippen LogP contribution in [0.4, 0.5) is 0 Å². The first-order chi connectivity index (χ1) is 7.06. The Bertz CT molecular complexity index is 269. The lowest BCUT2D eigenvalue weighted by molar-refractivity contribution is -0.134. The van der Waals surface area contributed by atoms with Crippen LogP contribution < -0.4 is 5.32 Å². The topological polar surface area (TPSA) is 56.1 Å². The fourth-order valence-electron chi connectivity index (χ4n) is 1.89. The third-order valence-electron chi connectivity index (χ3n) is 2.79. The molecule has 84 valence electrons. The number of nitriles is 1. The minimum absolute atomic E-state index is 0.0656. The Morgan fingerprint density at radius 2 is 2.33 bits per heavy atom. The molecule has 1 N–H and O–H groups in total. The van der Waals surface area contributed by atoms with Gasteiger partial charge in [0.2, 0.25) is 5.91 Å². The zero-order chi connectivity index (χ0) is 11.4. The summed E-state index contributed by atoms with van der Waals surface area (Å²) in [6.07, 6.45) is 1.21. The predicted octanol–water partition coefficient (Wildman–Crippen LogP) is 0.887. The van der Waals surface area contributed by atoms with Crippen LogP contribution >= 0.6 is 0 Å². The molecular weight excluding hydrogens is 190 g/mol. The van der Waals surface area contributed by atoms with E-state index in [4.69, 9.17) is 5.26 Å². The first kappa shape index (κ1) is 12.0. The molecule has 0 aromatic carbocycles. The van der Waals surface area contributed by atoms with E-state index in [0.717, 1.165) is 13.0 Å². The van der Waals surface area contributed by atoms with E-state index < -0.39 is 0 Å². The van der Waals surface area contributed by atoms with Gasteiger partial charge < -0.3 is 10.2 Å². The summed E-state index contributed by atoms with van der Waals surface area (Å²) in [6, 6.07) is 2.26. The van der Waals surface area contributed by atoms with Crippen molar-refractivity contribution in [2.45, 2.75) is 51.7 Å². The SMILES string of the molecule is CC1CCN(C(C)C)C(=O)C(CC#N)N1. The third kappa shape index (κ3) is 2.93. The van der Waals surface area contributed by atoms with Crippen LogP contribution in [0.15, 0.2) is 0 Å². The highest BCUT2D eigenvalue weighted by molar-refractivity contribution is 5.82. The molecule has 1 aliphatic heterocycles. The summed E-state index contributed by atoms with van der Waals surface area (Å²) >= 11 is 0. The van der Waals surface area contributed by atoms with Gasteiger partial charge in [0.1, 0.15) is 6.04 Å². The molecule has 1 heterocycles. The van der Waals surface area contributed by atoms with Gasteiger partial charge in [-0.1, -0.05) is 0 Å². The lowest BCUT2D eigenvalue weighted by Gasteiger charge is -2.27. The van der Waals surface area contributed by atoms with Gasteiger partial charge in [-0.3, -0.25) is 4.79 Å². The Kier molecular flexibility index (Phi) is 4.10. The molecule has 0 bridgehead atoms. The molecule has 1 fully saturated rings. The van der Waals surface area contributed by atoms with Crippen LogP contribution in [0.5, 0.6) is 0 Å². The molecule has 0 spiro atoms. The van der Waals surface area contributed by atoms with Gasteiger partial charge >= 0.3 is 0 Å². The second-order valence-electron chi connectivity index (χ2n) is 4.40. The highest BCUT2D eigenvalue weighted by atomic mass is 16.2. The molecule has 1 amide bonds. The molecule has 0 radical (unpaired) electrons. The van der Waals surface area contributed by atoms with Crippen molar-refractivity contribution in [1.82, 2.24) is 10.2 Å². The fraction of sp³-hybridized carbons (Fsp3) is 0.818. The van der Waals surface area contributed by atoms with Crippen molar-refractivity contribution in [3.05, 3.63) is 0 Å². The fourth-order valence-corrected chi connectivity index (χ4v) is 1.89. The van der Waals surface area contributed by atoms with E-state index in [2.05, 4.69) is 18.3 Å². The van der Waals surface area contributed by atoms with Crippen molar-refractivity contribution < 1.29 is 4.79 Å². The van der Waals surface area contributed by atoms with Gasteiger partial charge in [0.15, 0.2) is 0 Å². The van der Waals surface area contributed by atoms with Crippen molar-refractivity contribution in [3.63, 3.8) is 0 Å². The summed E-state index contributed by atoms with van der Waals surface area (Å²) in [6.45, 7) is 6.86. The normalized spacial score (nSPS) is 27.7. The summed E-state index contributed by atoms with van der Waals surface area (Å²) in [5.41, 5.74) is 0. The minimum atomic E-state index is -0.324. The first-order valence-corrected chi connectivity index (χ1v) is 5.49. The molecule has 4 heteroatoms. The van der Waals surface area contributed by atoms with Gasteiger partial charge in [0.05, 0.1) is 12.5 Å². The summed E-state index contributed by atoms with van der Waals surface area (Å²) in [5.74, 6) is 0.0656. The number of rotatable bonds is 2. The van der Waals surface area contributed by atoms with E-state index in [1.54, 1.807) is 0 Å². The molecule has 1 rings (SSSR count). The largest absolute Gasteiger partial charge is 0.339 e. The summed E-state index contributed by atoms with van der Waals surface area (Å²) < 4.78 is 0. The Hall–Kier alpha value is -1.08. The zero-order valence-corrected chi connectivity index (χ0v) is 9.66. The van der Waals surface area contributed by atoms with E-state index in [0.29, 0.717) is 6.04 Å². The second-order valence-corrected chi connectivity index (χ2v) is 4.40. The molecule has 0 aromatic heterocycles. The number of nitrogens with zero attached hydrogens (tertiary/aromatic N) is 2. The standard InChI is InChI=1S/C11H19N3O/c1-8(2)14-7-5-9(3)13-10(4-6-12)11(14)15/h8-10,13H,4-5,7H2,1-3H3. The van der Waals surface area contributed by atoms with Crippen molar-refractivity contribution >= 4 is 5.91 Å². The maximum atomic E-state index is 12.0. The number of amides is 1. The number of carbonyl (C=O) groups excluding carboxylic acids is 1. The minimum Gasteiger partial charge on any atom is -0.339 e. The van der Waals surface area contributed by atoms with Crippen molar-refractivity contribution in [1.29, 1.82) is 5.26 Å². The van der Waals surface area contributed by atoms with Crippen LogP contribution in [0.25, 0.3) is 0 Å². The first-order valence-electron chi connectivity index (χ1n) is 5.49. The highest BCUT2D eigenvalue weighted by Crippen LogP contribution is 2.12. The van der Waals surface area contributed by atoms with Gasteiger partial charge in [0, 0.05) is 18.6 Å². The zero-order valence-electron chi connectivity index (χ0n) is 9.66. The lowest BCUT2D eigenvalue weighted by Crippen LogP contribution is -2.47. The average molecular weight is 209 g/mol. The van der Waals surface area contributed by atoms with Crippen molar-refractivity contribution in [2.75, 3.05) is 6.54 Å². The van der Waals surface area contributed by atoms with Gasteiger partial charge in [-0.2, -0.15) is 5.26 Å². The molecule has 1 aliphatic rings. The van der Waals surface area contributed by atoms with E-state index >= 15 is 0 Å². The summed E-state index contributed by atoms with van der Waals surface area (Å²) in [7, 11) is 0. The van der Waals surface area contributed by atoms with Gasteiger partial charge in [-0.15, -0.1) is 0 Å². The van der Waals surface area contributed by atoms with E-state index in [-0.39, 0.29) is 24.4 Å².